The van der Waals surface area contributed by atoms with Crippen molar-refractivity contribution in [2.45, 2.75) is 47.6 Å². The van der Waals surface area contributed by atoms with Crippen LogP contribution >= 0.6 is 0 Å². The molecule has 0 aromatic heterocycles. The van der Waals surface area contributed by atoms with Gasteiger partial charge < -0.3 is 4.90 Å². The number of amides is 1. The summed E-state index contributed by atoms with van der Waals surface area (Å²) < 4.78 is 0. The number of nitrogens with zero attached hydrogens (tertiary/aromatic N) is 1. The van der Waals surface area contributed by atoms with Crippen LogP contribution in [0.5, 0.6) is 0 Å². The molecular weight excluding hydrogens is 186 g/mol. The first-order valence-electron chi connectivity index (χ1n) is 5.61. The van der Waals surface area contributed by atoms with E-state index in [2.05, 4.69) is 34.6 Å². The van der Waals surface area contributed by atoms with Gasteiger partial charge in [0.25, 0.3) is 0 Å². The molecule has 0 aliphatic rings. The zero-order valence-corrected chi connectivity index (χ0v) is 11.2. The van der Waals surface area contributed by atoms with Gasteiger partial charge in [0.2, 0.25) is 5.91 Å². The van der Waals surface area contributed by atoms with Crippen LogP contribution in [0.15, 0.2) is 12.2 Å². The molecule has 1 atom stereocenters. The average Bonchev–Trinajstić information content (AvgIpc) is 2.00. The molecule has 0 bridgehead atoms. The Hall–Kier alpha value is -0.790. The third-order valence-corrected chi connectivity index (χ3v) is 2.59. The first-order valence-corrected chi connectivity index (χ1v) is 5.61. The highest BCUT2D eigenvalue weighted by Crippen LogP contribution is 2.29. The monoisotopic (exact) mass is 211 g/mol. The van der Waals surface area contributed by atoms with Crippen molar-refractivity contribution in [2.24, 2.45) is 11.3 Å². The molecule has 0 fully saturated rings. The number of likely N-dealkylation sites (N-methyl/N-ethyl adjacent to an activating group) is 1. The van der Waals surface area contributed by atoms with E-state index in [1.165, 1.54) is 0 Å². The Kier molecular flexibility index (Phi) is 5.06. The summed E-state index contributed by atoms with van der Waals surface area (Å²) in [5, 5.41) is 0. The molecular formula is C13H25NO. The van der Waals surface area contributed by atoms with Gasteiger partial charge in [-0.05, 0) is 24.3 Å². The maximum absolute atomic E-state index is 11.8. The predicted molar refractivity (Wildman–Crippen MR) is 65.7 cm³/mol. The van der Waals surface area contributed by atoms with Crippen LogP contribution in [0.2, 0.25) is 0 Å². The number of hydrogen-bond donors (Lipinski definition) is 0. The summed E-state index contributed by atoms with van der Waals surface area (Å²) in [6.07, 6.45) is 3.42. The highest BCUT2D eigenvalue weighted by molar-refractivity contribution is 5.87. The number of carbonyl (C=O) groups is 1. The van der Waals surface area contributed by atoms with Crippen molar-refractivity contribution in [3.63, 3.8) is 0 Å². The van der Waals surface area contributed by atoms with E-state index in [-0.39, 0.29) is 17.4 Å². The summed E-state index contributed by atoms with van der Waals surface area (Å²) in [6, 6.07) is 0.265. The minimum absolute atomic E-state index is 0.0890. The molecule has 0 aromatic carbocycles. The summed E-state index contributed by atoms with van der Waals surface area (Å²) in [5.41, 5.74) is 0.111. The number of rotatable bonds is 3. The van der Waals surface area contributed by atoms with Crippen molar-refractivity contribution < 1.29 is 4.79 Å². The minimum atomic E-state index is 0.0890. The van der Waals surface area contributed by atoms with E-state index < -0.39 is 0 Å². The molecule has 0 saturated heterocycles. The van der Waals surface area contributed by atoms with Crippen LogP contribution in [0.1, 0.15) is 41.5 Å². The molecule has 0 spiro atoms. The second-order valence-electron chi connectivity index (χ2n) is 5.50. The Bertz CT molecular complexity index is 235. The topological polar surface area (TPSA) is 20.3 Å². The van der Waals surface area contributed by atoms with Crippen molar-refractivity contribution in [1.29, 1.82) is 0 Å². The number of allylic oxidation sites excluding steroid dienone is 1. The Morgan fingerprint density at radius 3 is 2.00 bits per heavy atom. The normalized spacial score (nSPS) is 14.7. The molecule has 0 aliphatic heterocycles. The standard InChI is InChI=1S/C13H25NO/c1-8-9-11(15)14(7)12(10(2)3)13(4,5)6/h8-10,12H,1-7H3. The second-order valence-corrected chi connectivity index (χ2v) is 5.50. The van der Waals surface area contributed by atoms with E-state index in [1.54, 1.807) is 12.2 Å². The van der Waals surface area contributed by atoms with Gasteiger partial charge in [-0.25, -0.2) is 0 Å². The summed E-state index contributed by atoms with van der Waals surface area (Å²) in [7, 11) is 1.89. The lowest BCUT2D eigenvalue weighted by Crippen LogP contribution is -2.47. The molecule has 0 saturated carbocycles. The van der Waals surface area contributed by atoms with Gasteiger partial charge >= 0.3 is 0 Å². The summed E-state index contributed by atoms with van der Waals surface area (Å²) >= 11 is 0. The molecule has 0 aromatic rings. The first kappa shape index (κ1) is 14.2. The lowest BCUT2D eigenvalue weighted by atomic mass is 9.79. The fourth-order valence-electron chi connectivity index (χ4n) is 2.43. The van der Waals surface area contributed by atoms with Crippen LogP contribution in [0, 0.1) is 11.3 Å². The van der Waals surface area contributed by atoms with E-state index in [4.69, 9.17) is 0 Å². The van der Waals surface area contributed by atoms with E-state index in [9.17, 15) is 4.79 Å². The van der Waals surface area contributed by atoms with Crippen LogP contribution in [-0.2, 0) is 4.79 Å². The predicted octanol–water partition coefficient (Wildman–Crippen LogP) is 3.09. The molecule has 1 amide bonds. The van der Waals surface area contributed by atoms with Crippen molar-refractivity contribution >= 4 is 5.91 Å². The van der Waals surface area contributed by atoms with Gasteiger partial charge in [0.1, 0.15) is 0 Å². The maximum Gasteiger partial charge on any atom is 0.246 e. The Balaban J connectivity index is 4.87. The SMILES string of the molecule is CC=CC(=O)N(C)C(C(C)C)C(C)(C)C. The minimum Gasteiger partial charge on any atom is -0.338 e. The van der Waals surface area contributed by atoms with E-state index in [1.807, 2.05) is 18.9 Å². The smallest absolute Gasteiger partial charge is 0.246 e. The van der Waals surface area contributed by atoms with E-state index >= 15 is 0 Å². The van der Waals surface area contributed by atoms with Gasteiger partial charge in [0, 0.05) is 13.1 Å². The van der Waals surface area contributed by atoms with Crippen LogP contribution in [-0.4, -0.2) is 23.9 Å². The van der Waals surface area contributed by atoms with Crippen LogP contribution in [0.3, 0.4) is 0 Å². The summed E-state index contributed by atoms with van der Waals surface area (Å²) in [6.45, 7) is 12.7. The Labute approximate surface area is 94.4 Å². The Morgan fingerprint density at radius 1 is 1.27 bits per heavy atom. The number of hydrogen-bond acceptors (Lipinski definition) is 1. The maximum atomic E-state index is 11.8. The van der Waals surface area contributed by atoms with Crippen molar-refractivity contribution in [2.75, 3.05) is 7.05 Å². The molecule has 0 radical (unpaired) electrons. The summed E-state index contributed by atoms with van der Waals surface area (Å²) in [4.78, 5) is 13.6. The molecule has 2 heteroatoms. The van der Waals surface area contributed by atoms with Crippen LogP contribution in [0.4, 0.5) is 0 Å². The van der Waals surface area contributed by atoms with Gasteiger partial charge in [-0.3, -0.25) is 4.79 Å². The summed E-state index contributed by atoms with van der Waals surface area (Å²) in [5.74, 6) is 0.551. The van der Waals surface area contributed by atoms with Gasteiger partial charge in [-0.1, -0.05) is 40.7 Å². The fraction of sp³-hybridized carbons (Fsp3) is 0.769. The molecule has 0 heterocycles. The Morgan fingerprint density at radius 2 is 1.73 bits per heavy atom. The van der Waals surface area contributed by atoms with Crippen LogP contribution < -0.4 is 0 Å². The highest BCUT2D eigenvalue weighted by Gasteiger charge is 2.32. The van der Waals surface area contributed by atoms with E-state index in [0.717, 1.165) is 0 Å². The molecule has 0 rings (SSSR count). The fourth-order valence-corrected chi connectivity index (χ4v) is 2.43. The average molecular weight is 211 g/mol. The quantitative estimate of drug-likeness (QED) is 0.657. The molecule has 88 valence electrons. The van der Waals surface area contributed by atoms with Gasteiger partial charge in [0.05, 0.1) is 0 Å². The molecule has 2 nitrogen and oxygen atoms in total. The van der Waals surface area contributed by atoms with Gasteiger partial charge in [-0.2, -0.15) is 0 Å². The molecule has 0 N–H and O–H groups in total. The lowest BCUT2D eigenvalue weighted by Gasteiger charge is -2.40. The van der Waals surface area contributed by atoms with Crippen molar-refractivity contribution in [3.8, 4) is 0 Å². The highest BCUT2D eigenvalue weighted by atomic mass is 16.2. The molecule has 1 unspecified atom stereocenters. The van der Waals surface area contributed by atoms with E-state index in [0.29, 0.717) is 5.92 Å². The van der Waals surface area contributed by atoms with Crippen LogP contribution in [0.25, 0.3) is 0 Å². The first-order chi connectivity index (χ1) is 6.71. The zero-order valence-electron chi connectivity index (χ0n) is 11.2. The van der Waals surface area contributed by atoms with Gasteiger partial charge in [0.15, 0.2) is 0 Å². The third-order valence-electron chi connectivity index (χ3n) is 2.59. The molecule has 0 aliphatic carbocycles. The second kappa shape index (κ2) is 5.34. The lowest BCUT2D eigenvalue weighted by molar-refractivity contribution is -0.130. The number of carbonyl (C=O) groups excluding carboxylic acids is 1. The van der Waals surface area contributed by atoms with Gasteiger partial charge in [-0.15, -0.1) is 0 Å². The largest absolute Gasteiger partial charge is 0.338 e. The third kappa shape index (κ3) is 4.06. The zero-order chi connectivity index (χ0) is 12.2. The van der Waals surface area contributed by atoms with Crippen molar-refractivity contribution in [1.82, 2.24) is 4.90 Å². The van der Waals surface area contributed by atoms with Crippen molar-refractivity contribution in [3.05, 3.63) is 12.2 Å². The molecule has 15 heavy (non-hydrogen) atoms.